The van der Waals surface area contributed by atoms with Gasteiger partial charge < -0.3 is 15.4 Å². The number of alkyl halides is 3. The summed E-state index contributed by atoms with van der Waals surface area (Å²) in [6.45, 7) is 0.136. The molecule has 0 aromatic heterocycles. The molecule has 2 unspecified atom stereocenters. The summed E-state index contributed by atoms with van der Waals surface area (Å²) >= 11 is 0. The predicted octanol–water partition coefficient (Wildman–Crippen LogP) is 0.739. The van der Waals surface area contributed by atoms with Crippen molar-refractivity contribution in [3.05, 3.63) is 0 Å². The maximum absolute atomic E-state index is 11.8. The summed E-state index contributed by atoms with van der Waals surface area (Å²) in [7, 11) is 0. The fourth-order valence-electron chi connectivity index (χ4n) is 1.79. The van der Waals surface area contributed by atoms with Crippen LogP contribution in [0.2, 0.25) is 0 Å². The summed E-state index contributed by atoms with van der Waals surface area (Å²) in [5.41, 5.74) is 0. The Morgan fingerprint density at radius 3 is 2.79 bits per heavy atom. The third-order valence-corrected chi connectivity index (χ3v) is 2.76. The highest BCUT2D eigenvalue weighted by Gasteiger charge is 2.28. The van der Waals surface area contributed by atoms with E-state index in [4.69, 9.17) is 0 Å². The summed E-state index contributed by atoms with van der Waals surface area (Å²) in [6, 6.07) is -0.367. The third-order valence-electron chi connectivity index (χ3n) is 2.76. The van der Waals surface area contributed by atoms with Gasteiger partial charge in [-0.15, -0.1) is 0 Å². The van der Waals surface area contributed by atoms with Crippen LogP contribution >= 0.6 is 0 Å². The van der Waals surface area contributed by atoms with Crippen molar-refractivity contribution in [1.29, 1.82) is 0 Å². The van der Waals surface area contributed by atoms with Gasteiger partial charge in [0.1, 0.15) is 6.61 Å². The van der Waals surface area contributed by atoms with Crippen LogP contribution in [-0.2, 0) is 14.3 Å². The van der Waals surface area contributed by atoms with Crippen molar-refractivity contribution in [3.8, 4) is 0 Å². The predicted molar refractivity (Wildman–Crippen MR) is 60.3 cm³/mol. The molecule has 0 aromatic carbocycles. The van der Waals surface area contributed by atoms with Crippen molar-refractivity contribution in [3.63, 3.8) is 0 Å². The molecule has 19 heavy (non-hydrogen) atoms. The first-order valence-corrected chi connectivity index (χ1v) is 6.01. The first-order valence-electron chi connectivity index (χ1n) is 6.01. The normalized spacial score (nSPS) is 23.9. The summed E-state index contributed by atoms with van der Waals surface area (Å²) in [5, 5.41) is 5.36. The van der Waals surface area contributed by atoms with E-state index >= 15 is 0 Å². The second kappa shape index (κ2) is 6.74. The highest BCUT2D eigenvalue weighted by atomic mass is 19.4. The van der Waals surface area contributed by atoms with E-state index in [9.17, 15) is 22.8 Å². The lowest BCUT2D eigenvalue weighted by molar-refractivity contribution is -0.174. The van der Waals surface area contributed by atoms with E-state index in [1.165, 1.54) is 0 Å². The molecule has 8 heteroatoms. The minimum atomic E-state index is -4.38. The Hall–Kier alpha value is -1.31. The van der Waals surface area contributed by atoms with Gasteiger partial charge >= 0.3 is 6.18 Å². The van der Waals surface area contributed by atoms with Gasteiger partial charge in [0.25, 0.3) is 0 Å². The van der Waals surface area contributed by atoms with Gasteiger partial charge in [0, 0.05) is 24.9 Å². The number of ether oxygens (including phenoxy) is 1. The average Bonchev–Trinajstić information content (AvgIpc) is 2.27. The number of nitrogens with one attached hydrogen (secondary N) is 2. The molecule has 0 saturated carbocycles. The largest absolute Gasteiger partial charge is 0.411 e. The highest BCUT2D eigenvalue weighted by molar-refractivity contribution is 5.79. The van der Waals surface area contributed by atoms with E-state index in [1.807, 2.05) is 0 Å². The van der Waals surface area contributed by atoms with Crippen LogP contribution in [0.5, 0.6) is 0 Å². The van der Waals surface area contributed by atoms with Gasteiger partial charge in [0.15, 0.2) is 0 Å². The van der Waals surface area contributed by atoms with Crippen LogP contribution in [0.1, 0.15) is 26.2 Å². The molecule has 0 aromatic rings. The zero-order chi connectivity index (χ0) is 14.5. The van der Waals surface area contributed by atoms with Crippen LogP contribution in [0.3, 0.4) is 0 Å². The van der Waals surface area contributed by atoms with Gasteiger partial charge in [-0.3, -0.25) is 9.59 Å². The smallest absolute Gasteiger partial charge is 0.372 e. The number of carbonyl (C=O) groups excluding carboxylic acids is 2. The molecule has 2 atom stereocenters. The van der Waals surface area contributed by atoms with Crippen LogP contribution < -0.4 is 10.6 Å². The van der Waals surface area contributed by atoms with Crippen molar-refractivity contribution in [2.24, 2.45) is 0 Å². The molecule has 0 aliphatic carbocycles. The van der Waals surface area contributed by atoms with Crippen molar-refractivity contribution in [2.75, 3.05) is 13.2 Å². The molecule has 1 heterocycles. The minimum absolute atomic E-state index is 0.0634. The Kier molecular flexibility index (Phi) is 5.59. The number of hydrogen-bond donors (Lipinski definition) is 2. The average molecular weight is 282 g/mol. The number of piperidine rings is 1. The molecule has 0 bridgehead atoms. The molecular weight excluding hydrogens is 265 g/mol. The van der Waals surface area contributed by atoms with Gasteiger partial charge in [-0.25, -0.2) is 0 Å². The second-order valence-electron chi connectivity index (χ2n) is 4.49. The lowest BCUT2D eigenvalue weighted by atomic mass is 9.99. The van der Waals surface area contributed by atoms with Crippen LogP contribution in [0.4, 0.5) is 13.2 Å². The molecule has 5 nitrogen and oxygen atoms in total. The van der Waals surface area contributed by atoms with E-state index in [1.54, 1.807) is 6.92 Å². The quantitative estimate of drug-likeness (QED) is 0.731. The van der Waals surface area contributed by atoms with E-state index < -0.39 is 12.8 Å². The molecule has 1 aliphatic rings. The van der Waals surface area contributed by atoms with Crippen molar-refractivity contribution < 1.29 is 27.5 Å². The molecule has 0 spiro atoms. The van der Waals surface area contributed by atoms with Gasteiger partial charge in [-0.05, 0) is 13.3 Å². The van der Waals surface area contributed by atoms with Crippen molar-refractivity contribution >= 4 is 11.8 Å². The molecule has 1 saturated heterocycles. The SMILES string of the molecule is CC1NC(=O)CCC1NC(=O)CCOCC(F)(F)F. The van der Waals surface area contributed by atoms with Crippen molar-refractivity contribution in [2.45, 2.75) is 44.4 Å². The van der Waals surface area contributed by atoms with Gasteiger partial charge in [-0.2, -0.15) is 13.2 Å². The molecule has 110 valence electrons. The number of hydrogen-bond acceptors (Lipinski definition) is 3. The number of rotatable bonds is 5. The fraction of sp³-hybridized carbons (Fsp3) is 0.818. The van der Waals surface area contributed by atoms with E-state index in [0.29, 0.717) is 12.8 Å². The maximum atomic E-state index is 11.8. The molecular formula is C11H17F3N2O3. The van der Waals surface area contributed by atoms with Gasteiger partial charge in [0.2, 0.25) is 11.8 Å². The van der Waals surface area contributed by atoms with Crippen molar-refractivity contribution in [1.82, 2.24) is 10.6 Å². The first-order chi connectivity index (χ1) is 8.78. The summed E-state index contributed by atoms with van der Waals surface area (Å²) < 4.78 is 39.7. The number of carbonyl (C=O) groups is 2. The fourth-order valence-corrected chi connectivity index (χ4v) is 1.79. The van der Waals surface area contributed by atoms with Crippen LogP contribution in [-0.4, -0.2) is 43.3 Å². The highest BCUT2D eigenvalue weighted by Crippen LogP contribution is 2.14. The van der Waals surface area contributed by atoms with Crippen LogP contribution in [0.25, 0.3) is 0 Å². The lowest BCUT2D eigenvalue weighted by Gasteiger charge is -2.30. The Morgan fingerprint density at radius 1 is 1.53 bits per heavy atom. The first kappa shape index (κ1) is 15.7. The zero-order valence-corrected chi connectivity index (χ0v) is 10.5. The number of amides is 2. The monoisotopic (exact) mass is 282 g/mol. The third kappa shape index (κ3) is 6.42. The molecule has 1 aliphatic heterocycles. The van der Waals surface area contributed by atoms with Crippen LogP contribution in [0, 0.1) is 0 Å². The molecule has 1 rings (SSSR count). The Balaban J connectivity index is 2.19. The molecule has 0 radical (unpaired) electrons. The second-order valence-corrected chi connectivity index (χ2v) is 4.49. The minimum Gasteiger partial charge on any atom is -0.372 e. The molecule has 1 fully saturated rings. The molecule has 2 amide bonds. The molecule has 2 N–H and O–H groups in total. The summed E-state index contributed by atoms with van der Waals surface area (Å²) in [6.07, 6.45) is -3.64. The van der Waals surface area contributed by atoms with E-state index in [2.05, 4.69) is 15.4 Å². The number of halogens is 3. The standard InChI is InChI=1S/C11H17F3N2O3/c1-7-8(2-3-9(17)15-7)16-10(18)4-5-19-6-11(12,13)14/h7-8H,2-6H2,1H3,(H,15,17)(H,16,18). The summed E-state index contributed by atoms with van der Waals surface area (Å²) in [4.78, 5) is 22.5. The Bertz CT molecular complexity index is 334. The van der Waals surface area contributed by atoms with Gasteiger partial charge in [-0.1, -0.05) is 0 Å². The summed E-state index contributed by atoms with van der Waals surface area (Å²) in [5.74, 6) is -0.443. The van der Waals surface area contributed by atoms with Crippen LogP contribution in [0.15, 0.2) is 0 Å². The topological polar surface area (TPSA) is 67.4 Å². The zero-order valence-electron chi connectivity index (χ0n) is 10.5. The van der Waals surface area contributed by atoms with E-state index in [0.717, 1.165) is 0 Å². The Labute approximate surface area is 108 Å². The Morgan fingerprint density at radius 2 is 2.21 bits per heavy atom. The van der Waals surface area contributed by atoms with Gasteiger partial charge in [0.05, 0.1) is 6.61 Å². The maximum Gasteiger partial charge on any atom is 0.411 e. The lowest BCUT2D eigenvalue weighted by Crippen LogP contribution is -2.54. The van der Waals surface area contributed by atoms with E-state index in [-0.39, 0.29) is 36.9 Å².